The van der Waals surface area contributed by atoms with Crippen LogP contribution >= 0.6 is 22.7 Å². The summed E-state index contributed by atoms with van der Waals surface area (Å²) in [7, 11) is -5.17. The van der Waals surface area contributed by atoms with Crippen LogP contribution in [-0.2, 0) is 10.4 Å². The highest BCUT2D eigenvalue weighted by Crippen LogP contribution is 2.29. The number of aryl methyl sites for hydroxylation is 2. The molecule has 2 aromatic heterocycles. The van der Waals surface area contributed by atoms with Crippen LogP contribution in [0.25, 0.3) is 30.4 Å². The first kappa shape index (κ1) is 22.2. The molecular weight excluding hydrogens is 436 g/mol. The van der Waals surface area contributed by atoms with E-state index in [9.17, 15) is 0 Å². The highest BCUT2D eigenvalue weighted by Gasteiger charge is 2.14. The third kappa shape index (κ3) is 7.11. The molecule has 0 aliphatic heterocycles. The summed E-state index contributed by atoms with van der Waals surface area (Å²) in [5, 5.41) is 17.8. The maximum atomic E-state index is 8.52. The molecule has 10 nitrogen and oxygen atoms in total. The predicted octanol–water partition coefficient (Wildman–Crippen LogP) is 4.84. The van der Waals surface area contributed by atoms with Crippen LogP contribution in [0.2, 0.25) is 0 Å². The van der Waals surface area contributed by atoms with Crippen LogP contribution in [0, 0.1) is 24.6 Å². The van der Waals surface area contributed by atoms with E-state index >= 15 is 0 Å². The minimum Gasteiger partial charge on any atom is -0.759 e. The lowest BCUT2D eigenvalue weighted by Gasteiger charge is -2.06. The lowest BCUT2D eigenvalue weighted by atomic mass is 10.2. The number of aromatic nitrogens is 2. The van der Waals surface area contributed by atoms with Crippen molar-refractivity contribution in [1.82, 2.24) is 9.97 Å². The second-order valence-electron chi connectivity index (χ2n) is 5.54. The van der Waals surface area contributed by atoms with Gasteiger partial charge in [0, 0.05) is 20.4 Å². The van der Waals surface area contributed by atoms with Gasteiger partial charge in [-0.3, -0.25) is 8.42 Å². The fourth-order valence-corrected chi connectivity index (χ4v) is 3.81. The highest BCUT2D eigenvalue weighted by molar-refractivity contribution is 7.79. The van der Waals surface area contributed by atoms with Crippen LogP contribution in [0.15, 0.2) is 36.4 Å². The summed E-state index contributed by atoms with van der Waals surface area (Å²) in [6.45, 7) is 4.05. The Labute approximate surface area is 173 Å². The number of hydrogen-bond acceptors (Lipinski definition) is 10. The lowest BCUT2D eigenvalue weighted by molar-refractivity contribution is 0.352. The first-order valence-electron chi connectivity index (χ1n) is 7.70. The standard InChI is InChI=1S/2C8H6N3S.H2O4S/c2*1-5-2-3-6-7(4-5)12-8(10-6)11-9;1-5(2,3)4/h2*2-4H,1H3;(H2,1,2,3,4)/q2*+1;/p-2. The Kier molecular flexibility index (Phi) is 7.22. The van der Waals surface area contributed by atoms with Crippen molar-refractivity contribution in [3.63, 3.8) is 0 Å². The molecule has 4 rings (SSSR count). The van der Waals surface area contributed by atoms with Gasteiger partial charge in [0.1, 0.15) is 0 Å². The summed E-state index contributed by atoms with van der Waals surface area (Å²) in [5.74, 6) is 0. The van der Waals surface area contributed by atoms with Crippen molar-refractivity contribution in [2.24, 2.45) is 0 Å². The first-order chi connectivity index (χ1) is 13.6. The third-order valence-electron chi connectivity index (χ3n) is 3.24. The van der Waals surface area contributed by atoms with Gasteiger partial charge in [-0.2, -0.15) is 0 Å². The summed E-state index contributed by atoms with van der Waals surface area (Å²) in [6.07, 6.45) is 0. The largest absolute Gasteiger partial charge is 0.759 e. The number of diazo groups is 2. The summed E-state index contributed by atoms with van der Waals surface area (Å²) in [6, 6.07) is 11.9. The Morgan fingerprint density at radius 2 is 1.17 bits per heavy atom. The van der Waals surface area contributed by atoms with E-state index < -0.39 is 10.4 Å². The molecule has 4 aromatic rings. The lowest BCUT2D eigenvalue weighted by Crippen LogP contribution is -1.91. The van der Waals surface area contributed by atoms with Crippen molar-refractivity contribution in [3.8, 4) is 0 Å². The van der Waals surface area contributed by atoms with Crippen LogP contribution in [0.1, 0.15) is 11.1 Å². The molecule has 2 heterocycles. The van der Waals surface area contributed by atoms with Gasteiger partial charge in [0.15, 0.2) is 11.0 Å². The maximum absolute atomic E-state index is 8.52. The van der Waals surface area contributed by atoms with E-state index in [4.69, 9.17) is 28.3 Å². The highest BCUT2D eigenvalue weighted by atomic mass is 32.3. The van der Waals surface area contributed by atoms with Gasteiger partial charge in [0.25, 0.3) is 0 Å². The topological polar surface area (TPSA) is 162 Å². The molecule has 13 heteroatoms. The summed E-state index contributed by atoms with van der Waals surface area (Å²) in [5.41, 5.74) is 4.16. The second-order valence-corrected chi connectivity index (χ2v) is 8.38. The van der Waals surface area contributed by atoms with Crippen molar-refractivity contribution in [3.05, 3.63) is 57.5 Å². The molecule has 0 saturated carbocycles. The maximum Gasteiger partial charge on any atom is 0.524 e. The zero-order chi connectivity index (χ0) is 21.6. The molecule has 0 aliphatic carbocycles. The van der Waals surface area contributed by atoms with Crippen LogP contribution in [0.4, 0.5) is 10.3 Å². The molecule has 0 fully saturated rings. The fourth-order valence-electron chi connectivity index (χ4n) is 2.12. The van der Waals surface area contributed by atoms with E-state index in [0.29, 0.717) is 10.3 Å². The number of rotatable bonds is 0. The van der Waals surface area contributed by atoms with Gasteiger partial charge in [-0.05, 0) is 81.9 Å². The van der Waals surface area contributed by atoms with Gasteiger partial charge < -0.3 is 9.11 Å². The summed E-state index contributed by atoms with van der Waals surface area (Å²) < 4.78 is 36.2. The molecule has 0 N–H and O–H groups in total. The molecule has 0 aliphatic rings. The van der Waals surface area contributed by atoms with E-state index in [-0.39, 0.29) is 0 Å². The third-order valence-corrected chi connectivity index (χ3v) is 5.04. The van der Waals surface area contributed by atoms with Crippen molar-refractivity contribution >= 4 is 63.8 Å². The van der Waals surface area contributed by atoms with Crippen LogP contribution in [0.5, 0.6) is 0 Å². The number of hydrogen-bond donors (Lipinski definition) is 0. The van der Waals surface area contributed by atoms with Crippen molar-refractivity contribution in [2.45, 2.75) is 13.8 Å². The zero-order valence-electron chi connectivity index (χ0n) is 15.0. The van der Waals surface area contributed by atoms with Gasteiger partial charge in [0.05, 0.1) is 20.2 Å². The molecule has 0 spiro atoms. The van der Waals surface area contributed by atoms with Crippen LogP contribution < -0.4 is 0 Å². The molecule has 2 aromatic carbocycles. The van der Waals surface area contributed by atoms with E-state index in [2.05, 4.69) is 19.9 Å². The van der Waals surface area contributed by atoms with E-state index in [1.165, 1.54) is 33.8 Å². The Morgan fingerprint density at radius 3 is 1.48 bits per heavy atom. The number of benzene rings is 2. The molecule has 0 radical (unpaired) electrons. The summed E-state index contributed by atoms with van der Waals surface area (Å²) >= 11 is 2.77. The van der Waals surface area contributed by atoms with E-state index in [1.54, 1.807) is 0 Å². The molecular formula is C16H12N6O4S3. The van der Waals surface area contributed by atoms with Crippen molar-refractivity contribution in [1.29, 1.82) is 10.8 Å². The molecule has 0 atom stereocenters. The van der Waals surface area contributed by atoms with Gasteiger partial charge in [0.2, 0.25) is 0 Å². The molecule has 148 valence electrons. The first-order valence-corrected chi connectivity index (χ1v) is 10.7. The predicted molar refractivity (Wildman–Crippen MR) is 109 cm³/mol. The Balaban J connectivity index is 0.000000170. The monoisotopic (exact) mass is 448 g/mol. The van der Waals surface area contributed by atoms with E-state index in [0.717, 1.165) is 20.4 Å². The molecule has 0 amide bonds. The summed E-state index contributed by atoms with van der Waals surface area (Å²) in [4.78, 5) is 14.2. The Bertz CT molecular complexity index is 1250. The zero-order valence-corrected chi connectivity index (χ0v) is 17.5. The minimum atomic E-state index is -5.17. The number of fused-ring (bicyclic) bond motifs is 2. The average Bonchev–Trinajstić information content (AvgIpc) is 3.23. The number of thiazole rings is 2. The second kappa shape index (κ2) is 9.42. The van der Waals surface area contributed by atoms with Gasteiger partial charge >= 0.3 is 10.3 Å². The molecule has 0 unspecified atom stereocenters. The van der Waals surface area contributed by atoms with Gasteiger partial charge in [-0.1, -0.05) is 12.1 Å². The Morgan fingerprint density at radius 1 is 0.828 bits per heavy atom. The normalized spacial score (nSPS) is 10.3. The van der Waals surface area contributed by atoms with Crippen molar-refractivity contribution < 1.29 is 17.5 Å². The van der Waals surface area contributed by atoms with E-state index in [1.807, 2.05) is 50.2 Å². The van der Waals surface area contributed by atoms with Crippen molar-refractivity contribution in [2.75, 3.05) is 0 Å². The minimum absolute atomic E-state index is 0.413. The smallest absolute Gasteiger partial charge is 0.524 e. The SMILES string of the molecule is Cc1ccc2nc([N+]#N)sc2c1.Cc1ccc2nc([N+]#N)sc2c1.O=S(=O)([O-])[O-]. The van der Waals surface area contributed by atoms with Gasteiger partial charge in [-0.15, -0.1) is 0 Å². The quantitative estimate of drug-likeness (QED) is 0.209. The Hall–Kier alpha value is -3.07. The average molecular weight is 449 g/mol. The number of nitrogens with zero attached hydrogens (tertiary/aromatic N) is 6. The van der Waals surface area contributed by atoms with Crippen LogP contribution in [-0.4, -0.2) is 27.5 Å². The molecule has 29 heavy (non-hydrogen) atoms. The molecule has 0 bridgehead atoms. The van der Waals surface area contributed by atoms with Gasteiger partial charge in [-0.25, -0.2) is 0 Å². The van der Waals surface area contributed by atoms with Crippen LogP contribution in [0.3, 0.4) is 0 Å². The fraction of sp³-hybridized carbons (Fsp3) is 0.125. The molecule has 0 saturated heterocycles.